The number of hydrogen-bond acceptors (Lipinski definition) is 7. The van der Waals surface area contributed by atoms with Crippen LogP contribution in [0, 0.1) is 6.92 Å². The number of imidazole rings is 1. The van der Waals surface area contributed by atoms with Crippen LogP contribution in [0.25, 0.3) is 16.9 Å². The van der Waals surface area contributed by atoms with Gasteiger partial charge >= 0.3 is 0 Å². The third-order valence-corrected chi connectivity index (χ3v) is 5.26. The fourth-order valence-electron chi connectivity index (χ4n) is 2.94. The number of aryl methyl sites for hydroxylation is 1. The maximum atomic E-state index is 9.50. The van der Waals surface area contributed by atoms with Crippen molar-refractivity contribution in [2.75, 3.05) is 26.1 Å². The van der Waals surface area contributed by atoms with Crippen LogP contribution in [0.1, 0.15) is 18.4 Å². The number of anilines is 1. The number of halogens is 1. The molecule has 1 aliphatic heterocycles. The number of aromatic nitrogens is 4. The molecule has 0 bridgehead atoms. The molecule has 0 spiro atoms. The molecule has 1 saturated heterocycles. The summed E-state index contributed by atoms with van der Waals surface area (Å²) in [6.07, 6.45) is 5.50. The topological polar surface area (TPSA) is 90.4 Å². The summed E-state index contributed by atoms with van der Waals surface area (Å²) in [6, 6.07) is 6.78. The van der Waals surface area contributed by atoms with E-state index < -0.39 is 0 Å². The molecule has 1 unspecified atom stereocenters. The summed E-state index contributed by atoms with van der Waals surface area (Å²) in [5.41, 5.74) is 9.61. The van der Waals surface area contributed by atoms with Crippen molar-refractivity contribution in [2.45, 2.75) is 30.7 Å². The number of alkyl halides is 1. The number of nitrogens with zero attached hydrogens (tertiary/aromatic N) is 4. The van der Waals surface area contributed by atoms with Crippen molar-refractivity contribution in [3.63, 3.8) is 0 Å². The molecule has 7 nitrogen and oxygen atoms in total. The van der Waals surface area contributed by atoms with E-state index in [0.29, 0.717) is 24.7 Å². The molecule has 3 aromatic rings. The van der Waals surface area contributed by atoms with Gasteiger partial charge in [0.2, 0.25) is 0 Å². The standard InChI is InChI=1S/C17H20N6OS.CH3F/c1-11-4-5-13(25-22-12-3-2-6-24-9-12)7-14(11)15-8-19-17-16(18)20-10-21-23(15)17;1-2/h4-5,7-8,10,12,22H,2-3,6,9H2,1H3,(H2,18,20,21);1H3. The van der Waals surface area contributed by atoms with Gasteiger partial charge in [-0.3, -0.25) is 9.11 Å². The van der Waals surface area contributed by atoms with Crippen LogP contribution in [-0.2, 0) is 4.74 Å². The third-order valence-electron chi connectivity index (χ3n) is 4.32. The van der Waals surface area contributed by atoms with Gasteiger partial charge in [-0.2, -0.15) is 5.10 Å². The number of benzene rings is 1. The summed E-state index contributed by atoms with van der Waals surface area (Å²) in [5.74, 6) is 0.378. The average molecular weight is 390 g/mol. The number of fused-ring (bicyclic) bond motifs is 1. The Labute approximate surface area is 161 Å². The fourth-order valence-corrected chi connectivity index (χ4v) is 3.75. The molecule has 0 radical (unpaired) electrons. The maximum absolute atomic E-state index is 9.50. The smallest absolute Gasteiger partial charge is 0.197 e. The minimum atomic E-state index is 0.378. The third kappa shape index (κ3) is 4.37. The van der Waals surface area contributed by atoms with Crippen molar-refractivity contribution in [2.24, 2.45) is 0 Å². The second-order valence-electron chi connectivity index (χ2n) is 6.13. The van der Waals surface area contributed by atoms with Gasteiger partial charge in [0.15, 0.2) is 11.5 Å². The van der Waals surface area contributed by atoms with Crippen molar-refractivity contribution in [3.05, 3.63) is 36.3 Å². The first-order valence-corrected chi connectivity index (χ1v) is 9.47. The lowest BCUT2D eigenvalue weighted by Gasteiger charge is -2.22. The second-order valence-corrected chi connectivity index (χ2v) is 7.05. The van der Waals surface area contributed by atoms with Crippen molar-refractivity contribution in [3.8, 4) is 11.3 Å². The van der Waals surface area contributed by atoms with E-state index in [9.17, 15) is 4.39 Å². The highest BCUT2D eigenvalue weighted by atomic mass is 32.2. The summed E-state index contributed by atoms with van der Waals surface area (Å²) in [6.45, 7) is 3.72. The first kappa shape index (κ1) is 19.5. The number of rotatable bonds is 4. The summed E-state index contributed by atoms with van der Waals surface area (Å²) >= 11 is 1.64. The first-order valence-electron chi connectivity index (χ1n) is 8.65. The monoisotopic (exact) mass is 390 g/mol. The molecule has 2 aromatic heterocycles. The number of hydrogen-bond donors (Lipinski definition) is 2. The largest absolute Gasteiger partial charge is 0.381 e. The van der Waals surface area contributed by atoms with E-state index in [1.807, 2.05) is 0 Å². The zero-order valence-corrected chi connectivity index (χ0v) is 16.2. The molecule has 0 amide bonds. The second kappa shape index (κ2) is 9.12. The molecule has 1 atom stereocenters. The predicted octanol–water partition coefficient (Wildman–Crippen LogP) is 3.04. The van der Waals surface area contributed by atoms with E-state index in [1.54, 1.807) is 22.7 Å². The summed E-state index contributed by atoms with van der Waals surface area (Å²) in [4.78, 5) is 9.49. The molecule has 3 N–H and O–H groups in total. The minimum absolute atomic E-state index is 0.378. The Morgan fingerprint density at radius 2 is 2.19 bits per heavy atom. The molecule has 1 aromatic carbocycles. The van der Waals surface area contributed by atoms with Gasteiger partial charge in [-0.15, -0.1) is 0 Å². The predicted molar refractivity (Wildman–Crippen MR) is 105 cm³/mol. The maximum Gasteiger partial charge on any atom is 0.197 e. The van der Waals surface area contributed by atoms with Gasteiger partial charge in [0.25, 0.3) is 0 Å². The van der Waals surface area contributed by atoms with E-state index in [-0.39, 0.29) is 0 Å². The Bertz CT molecular complexity index is 897. The van der Waals surface area contributed by atoms with E-state index >= 15 is 0 Å². The van der Waals surface area contributed by atoms with Crippen LogP contribution in [0.4, 0.5) is 10.2 Å². The van der Waals surface area contributed by atoms with Crippen LogP contribution < -0.4 is 10.5 Å². The van der Waals surface area contributed by atoms with Gasteiger partial charge in [0, 0.05) is 23.1 Å². The lowest BCUT2D eigenvalue weighted by atomic mass is 10.1. The van der Waals surface area contributed by atoms with Crippen molar-refractivity contribution < 1.29 is 9.13 Å². The van der Waals surface area contributed by atoms with Gasteiger partial charge in [0.05, 0.1) is 25.7 Å². The van der Waals surface area contributed by atoms with Crippen LogP contribution in [0.5, 0.6) is 0 Å². The Kier molecular flexibility index (Phi) is 6.59. The van der Waals surface area contributed by atoms with Crippen LogP contribution in [-0.4, -0.2) is 46.0 Å². The molecule has 4 rings (SSSR count). The number of nitrogen functional groups attached to an aromatic ring is 1. The molecule has 0 aliphatic carbocycles. The van der Waals surface area contributed by atoms with E-state index in [2.05, 4.69) is 44.9 Å². The molecule has 0 saturated carbocycles. The number of ether oxygens (including phenoxy) is 1. The summed E-state index contributed by atoms with van der Waals surface area (Å²) in [7, 11) is 0.500. The highest BCUT2D eigenvalue weighted by Gasteiger charge is 2.15. The first-order chi connectivity index (χ1) is 13.2. The van der Waals surface area contributed by atoms with Crippen LogP contribution in [0.2, 0.25) is 0 Å². The Morgan fingerprint density at radius 3 is 2.96 bits per heavy atom. The minimum Gasteiger partial charge on any atom is -0.381 e. The van der Waals surface area contributed by atoms with Gasteiger partial charge in [-0.1, -0.05) is 6.07 Å². The molecule has 3 heterocycles. The molecule has 27 heavy (non-hydrogen) atoms. The van der Waals surface area contributed by atoms with Crippen molar-refractivity contribution in [1.29, 1.82) is 0 Å². The van der Waals surface area contributed by atoms with Gasteiger partial charge in [0.1, 0.15) is 6.33 Å². The normalized spacial score (nSPS) is 16.8. The van der Waals surface area contributed by atoms with Crippen molar-refractivity contribution >= 4 is 23.4 Å². The average Bonchev–Trinajstić information content (AvgIpc) is 3.15. The fraction of sp³-hybridized carbons (Fsp3) is 0.389. The zero-order chi connectivity index (χ0) is 19.2. The lowest BCUT2D eigenvalue weighted by molar-refractivity contribution is 0.0783. The van der Waals surface area contributed by atoms with E-state index in [1.165, 1.54) is 6.33 Å². The number of nitrogens with two attached hydrogens (primary N) is 1. The van der Waals surface area contributed by atoms with Crippen molar-refractivity contribution in [1.82, 2.24) is 24.3 Å². The Morgan fingerprint density at radius 1 is 1.33 bits per heavy atom. The summed E-state index contributed by atoms with van der Waals surface area (Å²) in [5, 5.41) is 4.29. The Balaban J connectivity index is 0.00000102. The molecular formula is C18H23FN6OS. The van der Waals surface area contributed by atoms with Gasteiger partial charge < -0.3 is 10.5 Å². The molecule has 1 aliphatic rings. The lowest BCUT2D eigenvalue weighted by Crippen LogP contribution is -2.32. The summed E-state index contributed by atoms with van der Waals surface area (Å²) < 4.78 is 20.3. The van der Waals surface area contributed by atoms with Gasteiger partial charge in [-0.05, 0) is 49.4 Å². The van der Waals surface area contributed by atoms with Crippen LogP contribution in [0.3, 0.4) is 0 Å². The zero-order valence-electron chi connectivity index (χ0n) is 15.4. The molecular weight excluding hydrogens is 367 g/mol. The van der Waals surface area contributed by atoms with Crippen LogP contribution in [0.15, 0.2) is 35.6 Å². The SMILES string of the molecule is CF.Cc1ccc(SNC2CCCOC2)cc1-c1cnc2c(N)ncnn12. The van der Waals surface area contributed by atoms with Gasteiger partial charge in [-0.25, -0.2) is 14.5 Å². The number of nitrogens with one attached hydrogen (secondary N) is 1. The molecule has 1 fully saturated rings. The quantitative estimate of drug-likeness (QED) is 0.662. The highest BCUT2D eigenvalue weighted by Crippen LogP contribution is 2.29. The molecule has 9 heteroatoms. The molecule has 144 valence electrons. The van der Waals surface area contributed by atoms with E-state index in [4.69, 9.17) is 10.5 Å². The highest BCUT2D eigenvalue weighted by molar-refractivity contribution is 7.97. The Hall–Kier alpha value is -2.23. The van der Waals surface area contributed by atoms with Crippen LogP contribution >= 0.6 is 11.9 Å². The van der Waals surface area contributed by atoms with E-state index in [0.717, 1.165) is 47.8 Å².